The number of benzene rings is 1. The van der Waals surface area contributed by atoms with Gasteiger partial charge in [0.15, 0.2) is 5.82 Å². The normalized spacial score (nSPS) is 21.8. The zero-order chi connectivity index (χ0) is 15.0. The summed E-state index contributed by atoms with van der Waals surface area (Å²) in [6.45, 7) is 4.64. The highest BCUT2D eigenvalue weighted by atomic mass is 35.5. The van der Waals surface area contributed by atoms with Crippen LogP contribution in [-0.4, -0.2) is 15.4 Å². The third-order valence-electron chi connectivity index (χ3n) is 4.61. The molecule has 0 bridgehead atoms. The van der Waals surface area contributed by atoms with E-state index < -0.39 is 0 Å². The van der Waals surface area contributed by atoms with Crippen molar-refractivity contribution in [2.75, 3.05) is 5.88 Å². The molecule has 0 saturated heterocycles. The van der Waals surface area contributed by atoms with Gasteiger partial charge in [-0.2, -0.15) is 0 Å². The fourth-order valence-electron chi connectivity index (χ4n) is 3.68. The average Bonchev–Trinajstić information content (AvgIpc) is 2.78. The predicted molar refractivity (Wildman–Crippen MR) is 85.4 cm³/mol. The van der Waals surface area contributed by atoms with Gasteiger partial charge in [0.05, 0.1) is 5.52 Å². The molecule has 0 N–H and O–H groups in total. The van der Waals surface area contributed by atoms with E-state index in [-0.39, 0.29) is 5.82 Å². The molecule has 3 rings (SSSR count). The van der Waals surface area contributed by atoms with Crippen LogP contribution in [0.25, 0.3) is 11.0 Å². The fraction of sp³-hybridized carbons (Fsp3) is 0.588. The number of aryl methyl sites for hydroxylation is 1. The van der Waals surface area contributed by atoms with Crippen LogP contribution in [-0.2, 0) is 6.42 Å². The van der Waals surface area contributed by atoms with Gasteiger partial charge < -0.3 is 4.57 Å². The Morgan fingerprint density at radius 3 is 2.95 bits per heavy atom. The van der Waals surface area contributed by atoms with Gasteiger partial charge in [0.25, 0.3) is 0 Å². The van der Waals surface area contributed by atoms with Crippen molar-refractivity contribution in [2.45, 2.75) is 52.0 Å². The first kappa shape index (κ1) is 14.8. The Hall–Kier alpha value is -1.09. The largest absolute Gasteiger partial charge is 0.325 e. The second kappa shape index (κ2) is 5.60. The zero-order valence-corrected chi connectivity index (χ0v) is 13.5. The Morgan fingerprint density at radius 2 is 2.24 bits per heavy atom. The van der Waals surface area contributed by atoms with Crippen LogP contribution < -0.4 is 0 Å². The number of nitrogens with zero attached hydrogens (tertiary/aromatic N) is 2. The minimum atomic E-state index is -0.239. The summed E-state index contributed by atoms with van der Waals surface area (Å²) < 4.78 is 16.3. The Balaban J connectivity index is 2.11. The van der Waals surface area contributed by atoms with Crippen LogP contribution in [0.4, 0.5) is 4.39 Å². The first-order valence-corrected chi connectivity index (χ1v) is 8.26. The summed E-state index contributed by atoms with van der Waals surface area (Å²) in [6.07, 6.45) is 5.42. The standard InChI is InChI=1S/C17H22ClFN2/c1-17(2)9-4-5-12(11-17)21-14-7-3-6-13(19)16(14)20-15(21)8-10-18/h3,6-7,12H,4-5,8-11H2,1-2H3. The average molecular weight is 309 g/mol. The lowest BCUT2D eigenvalue weighted by molar-refractivity contribution is 0.184. The highest BCUT2D eigenvalue weighted by Gasteiger charge is 2.31. The van der Waals surface area contributed by atoms with Crippen molar-refractivity contribution in [3.8, 4) is 0 Å². The monoisotopic (exact) mass is 308 g/mol. The minimum Gasteiger partial charge on any atom is -0.325 e. The molecule has 1 aromatic carbocycles. The molecule has 1 aliphatic carbocycles. The molecule has 114 valence electrons. The summed E-state index contributed by atoms with van der Waals surface area (Å²) in [6, 6.07) is 5.63. The van der Waals surface area contributed by atoms with Gasteiger partial charge >= 0.3 is 0 Å². The highest BCUT2D eigenvalue weighted by molar-refractivity contribution is 6.17. The number of rotatable bonds is 3. The lowest BCUT2D eigenvalue weighted by atomic mass is 9.75. The quantitative estimate of drug-likeness (QED) is 0.721. The lowest BCUT2D eigenvalue weighted by Gasteiger charge is -2.36. The van der Waals surface area contributed by atoms with Crippen molar-refractivity contribution in [1.82, 2.24) is 9.55 Å². The molecule has 0 amide bonds. The number of fused-ring (bicyclic) bond motifs is 1. The van der Waals surface area contributed by atoms with Crippen molar-refractivity contribution in [1.29, 1.82) is 0 Å². The molecule has 21 heavy (non-hydrogen) atoms. The minimum absolute atomic E-state index is 0.239. The molecule has 2 aromatic rings. The van der Waals surface area contributed by atoms with Crippen molar-refractivity contribution < 1.29 is 4.39 Å². The molecule has 1 saturated carbocycles. The molecule has 2 nitrogen and oxygen atoms in total. The molecule has 1 atom stereocenters. The predicted octanol–water partition coefficient (Wildman–Crippen LogP) is 5.10. The first-order chi connectivity index (χ1) is 10.0. The van der Waals surface area contributed by atoms with E-state index in [4.69, 9.17) is 11.6 Å². The van der Waals surface area contributed by atoms with Gasteiger partial charge in [-0.1, -0.05) is 26.3 Å². The topological polar surface area (TPSA) is 17.8 Å². The summed E-state index contributed by atoms with van der Waals surface area (Å²) in [7, 11) is 0. The van der Waals surface area contributed by atoms with Gasteiger partial charge in [0.2, 0.25) is 0 Å². The molecule has 1 fully saturated rings. The Kier molecular flexibility index (Phi) is 3.96. The second-order valence-corrected chi connectivity index (χ2v) is 7.24. The molecule has 1 heterocycles. The summed E-state index contributed by atoms with van der Waals surface area (Å²) in [5.41, 5.74) is 1.74. The fourth-order valence-corrected chi connectivity index (χ4v) is 3.85. The number of aromatic nitrogens is 2. The van der Waals surface area contributed by atoms with E-state index in [0.29, 0.717) is 29.3 Å². The number of imidazole rings is 1. The van der Waals surface area contributed by atoms with Crippen LogP contribution >= 0.6 is 11.6 Å². The lowest BCUT2D eigenvalue weighted by Crippen LogP contribution is -2.26. The maximum atomic E-state index is 14.0. The molecule has 0 radical (unpaired) electrons. The second-order valence-electron chi connectivity index (χ2n) is 6.86. The van der Waals surface area contributed by atoms with Gasteiger partial charge in [-0.15, -0.1) is 11.6 Å². The van der Waals surface area contributed by atoms with Crippen molar-refractivity contribution >= 4 is 22.6 Å². The third kappa shape index (κ3) is 2.80. The molecular formula is C17H22ClFN2. The molecule has 1 unspecified atom stereocenters. The van der Waals surface area contributed by atoms with Crippen LogP contribution in [0.3, 0.4) is 0 Å². The zero-order valence-electron chi connectivity index (χ0n) is 12.7. The molecule has 0 spiro atoms. The van der Waals surface area contributed by atoms with Gasteiger partial charge in [-0.25, -0.2) is 9.37 Å². The number of hydrogen-bond donors (Lipinski definition) is 0. The molecular weight excluding hydrogens is 287 g/mol. The van der Waals surface area contributed by atoms with Crippen molar-refractivity contribution in [3.63, 3.8) is 0 Å². The van der Waals surface area contributed by atoms with Crippen LogP contribution in [0.1, 0.15) is 51.4 Å². The maximum Gasteiger partial charge on any atom is 0.151 e. The Bertz CT molecular complexity index is 648. The summed E-state index contributed by atoms with van der Waals surface area (Å²) in [4.78, 5) is 4.53. The van der Waals surface area contributed by atoms with E-state index in [1.54, 1.807) is 6.07 Å². The number of halogens is 2. The Morgan fingerprint density at radius 1 is 1.43 bits per heavy atom. The van der Waals surface area contributed by atoms with Gasteiger partial charge in [0.1, 0.15) is 11.3 Å². The molecule has 1 aliphatic rings. The van der Waals surface area contributed by atoms with E-state index in [1.807, 2.05) is 6.07 Å². The SMILES string of the molecule is CC1(C)CCCC(n2c(CCCl)nc3c(F)cccc32)C1. The first-order valence-electron chi connectivity index (χ1n) is 7.73. The van der Waals surface area contributed by atoms with Crippen molar-refractivity contribution in [3.05, 3.63) is 29.8 Å². The number of hydrogen-bond acceptors (Lipinski definition) is 1. The summed E-state index contributed by atoms with van der Waals surface area (Å²) in [5, 5.41) is 0. The van der Waals surface area contributed by atoms with Crippen molar-refractivity contribution in [2.24, 2.45) is 5.41 Å². The third-order valence-corrected chi connectivity index (χ3v) is 4.80. The molecule has 1 aromatic heterocycles. The molecule has 0 aliphatic heterocycles. The highest BCUT2D eigenvalue weighted by Crippen LogP contribution is 2.42. The van der Waals surface area contributed by atoms with Crippen LogP contribution in [0, 0.1) is 11.2 Å². The van der Waals surface area contributed by atoms with E-state index in [1.165, 1.54) is 18.9 Å². The van der Waals surface area contributed by atoms with Crippen LogP contribution in [0.15, 0.2) is 18.2 Å². The van der Waals surface area contributed by atoms with Crippen LogP contribution in [0.5, 0.6) is 0 Å². The molecule has 4 heteroatoms. The number of para-hydroxylation sites is 1. The summed E-state index contributed by atoms with van der Waals surface area (Å²) >= 11 is 5.92. The van der Waals surface area contributed by atoms with E-state index >= 15 is 0 Å². The van der Waals surface area contributed by atoms with E-state index in [9.17, 15) is 4.39 Å². The van der Waals surface area contributed by atoms with Gasteiger partial charge in [0, 0.05) is 18.3 Å². The van der Waals surface area contributed by atoms with Gasteiger partial charge in [-0.05, 0) is 36.8 Å². The van der Waals surface area contributed by atoms with Crippen LogP contribution in [0.2, 0.25) is 0 Å². The summed E-state index contributed by atoms with van der Waals surface area (Å²) in [5.74, 6) is 1.20. The van der Waals surface area contributed by atoms with E-state index in [0.717, 1.165) is 24.2 Å². The Labute approximate surface area is 130 Å². The number of alkyl halides is 1. The van der Waals surface area contributed by atoms with Gasteiger partial charge in [-0.3, -0.25) is 0 Å². The smallest absolute Gasteiger partial charge is 0.151 e. The van der Waals surface area contributed by atoms with E-state index in [2.05, 4.69) is 23.4 Å². The maximum absolute atomic E-state index is 14.0.